The van der Waals surface area contributed by atoms with Crippen molar-refractivity contribution in [3.63, 3.8) is 0 Å². The Hall–Kier alpha value is -2.56. The van der Waals surface area contributed by atoms with Crippen LogP contribution in [0.4, 0.5) is 8.78 Å². The maximum atomic E-state index is 14.2. The van der Waals surface area contributed by atoms with Gasteiger partial charge in [-0.2, -0.15) is 0 Å². The molecule has 0 fully saturated rings. The Kier molecular flexibility index (Phi) is 5.67. The SMILES string of the molecule is C=C(/C(C)=C(F)\C=C/C)[C@]1(C(=O)OC)C=C(c2cncc(F)c2)CC1. The smallest absolute Gasteiger partial charge is 0.320 e. The van der Waals surface area contributed by atoms with Gasteiger partial charge in [0.2, 0.25) is 0 Å². The van der Waals surface area contributed by atoms with Gasteiger partial charge >= 0.3 is 5.97 Å². The van der Waals surface area contributed by atoms with Gasteiger partial charge in [0, 0.05) is 6.20 Å². The van der Waals surface area contributed by atoms with Crippen LogP contribution in [-0.2, 0) is 9.53 Å². The summed E-state index contributed by atoms with van der Waals surface area (Å²) in [4.78, 5) is 16.4. The average Bonchev–Trinajstić information content (AvgIpc) is 3.06. The number of halogens is 2. The van der Waals surface area contributed by atoms with E-state index in [9.17, 15) is 13.6 Å². The van der Waals surface area contributed by atoms with E-state index in [1.165, 1.54) is 25.4 Å². The first-order valence-electron chi connectivity index (χ1n) is 7.95. The van der Waals surface area contributed by atoms with E-state index in [4.69, 9.17) is 4.74 Å². The number of hydrogen-bond acceptors (Lipinski definition) is 3. The summed E-state index contributed by atoms with van der Waals surface area (Å²) in [5.74, 6) is -1.42. The van der Waals surface area contributed by atoms with E-state index in [1.54, 1.807) is 26.0 Å². The molecule has 0 radical (unpaired) electrons. The number of carbonyl (C=O) groups is 1. The van der Waals surface area contributed by atoms with Crippen molar-refractivity contribution in [2.45, 2.75) is 26.7 Å². The summed E-state index contributed by atoms with van der Waals surface area (Å²) in [6, 6.07) is 1.36. The molecule has 0 spiro atoms. The van der Waals surface area contributed by atoms with Crippen LogP contribution in [0.2, 0.25) is 0 Å². The molecule has 0 amide bonds. The van der Waals surface area contributed by atoms with Crippen LogP contribution in [0.15, 0.2) is 60.2 Å². The maximum Gasteiger partial charge on any atom is 0.320 e. The Morgan fingerprint density at radius 1 is 1.44 bits per heavy atom. The second-order valence-corrected chi connectivity index (χ2v) is 5.98. The zero-order valence-electron chi connectivity index (χ0n) is 14.6. The number of rotatable bonds is 5. The fraction of sp³-hybridized carbons (Fsp3) is 0.300. The number of pyridine rings is 1. The van der Waals surface area contributed by atoms with Gasteiger partial charge in [-0.3, -0.25) is 9.78 Å². The highest BCUT2D eigenvalue weighted by molar-refractivity contribution is 5.89. The summed E-state index contributed by atoms with van der Waals surface area (Å²) in [7, 11) is 1.29. The summed E-state index contributed by atoms with van der Waals surface area (Å²) in [6.45, 7) is 7.25. The van der Waals surface area contributed by atoms with E-state index >= 15 is 0 Å². The molecule has 1 aromatic rings. The molecule has 0 bridgehead atoms. The minimum absolute atomic E-state index is 0.290. The number of allylic oxidation sites excluding steroid dienone is 5. The van der Waals surface area contributed by atoms with Crippen molar-refractivity contribution >= 4 is 11.5 Å². The van der Waals surface area contributed by atoms with E-state index in [1.807, 2.05) is 0 Å². The monoisotopic (exact) mass is 345 g/mol. The van der Waals surface area contributed by atoms with Crippen LogP contribution in [0.25, 0.3) is 5.57 Å². The molecule has 0 N–H and O–H groups in total. The average molecular weight is 345 g/mol. The fourth-order valence-electron chi connectivity index (χ4n) is 3.04. The molecule has 0 saturated heterocycles. The molecule has 0 aromatic carbocycles. The molecule has 1 aliphatic rings. The third kappa shape index (κ3) is 3.60. The first kappa shape index (κ1) is 18.8. The van der Waals surface area contributed by atoms with Gasteiger partial charge in [-0.15, -0.1) is 0 Å². The Morgan fingerprint density at radius 2 is 2.16 bits per heavy atom. The number of hydrogen-bond donors (Lipinski definition) is 0. The standard InChI is InChI=1S/C20H21F2NO2/c1-5-6-18(22)13(2)14(3)20(19(24)25-4)8-7-15(10-20)16-9-17(21)12-23-11-16/h5-6,9-12H,3,7-8H2,1-2,4H3/b6-5-,18-13+/t20-/m1/s1. The molecular weight excluding hydrogens is 324 g/mol. The van der Waals surface area contributed by atoms with Gasteiger partial charge in [-0.05, 0) is 61.1 Å². The van der Waals surface area contributed by atoms with E-state index < -0.39 is 23.0 Å². The summed E-state index contributed by atoms with van der Waals surface area (Å²) in [5.41, 5.74) is 0.818. The van der Waals surface area contributed by atoms with Crippen LogP contribution in [-0.4, -0.2) is 18.1 Å². The van der Waals surface area contributed by atoms with Crippen molar-refractivity contribution in [2.24, 2.45) is 5.41 Å². The number of methoxy groups -OCH3 is 1. The highest BCUT2D eigenvalue weighted by Crippen LogP contribution is 2.48. The van der Waals surface area contributed by atoms with E-state index in [-0.39, 0.29) is 0 Å². The van der Waals surface area contributed by atoms with Gasteiger partial charge in [-0.1, -0.05) is 18.7 Å². The lowest BCUT2D eigenvalue weighted by Crippen LogP contribution is -2.31. The lowest BCUT2D eigenvalue weighted by atomic mass is 9.77. The quantitative estimate of drug-likeness (QED) is 0.561. The zero-order chi connectivity index (χ0) is 18.6. The largest absolute Gasteiger partial charge is 0.468 e. The molecule has 2 rings (SSSR count). The number of ether oxygens (including phenoxy) is 1. The molecule has 1 aromatic heterocycles. The predicted octanol–water partition coefficient (Wildman–Crippen LogP) is 4.93. The van der Waals surface area contributed by atoms with Crippen LogP contribution in [0.5, 0.6) is 0 Å². The first-order chi connectivity index (χ1) is 11.9. The van der Waals surface area contributed by atoms with Crippen LogP contribution >= 0.6 is 0 Å². The number of esters is 1. The highest BCUT2D eigenvalue weighted by Gasteiger charge is 2.45. The van der Waals surface area contributed by atoms with Gasteiger partial charge in [0.05, 0.1) is 13.3 Å². The van der Waals surface area contributed by atoms with Crippen LogP contribution < -0.4 is 0 Å². The van der Waals surface area contributed by atoms with Gasteiger partial charge in [0.1, 0.15) is 17.1 Å². The molecule has 132 valence electrons. The van der Waals surface area contributed by atoms with Gasteiger partial charge < -0.3 is 4.74 Å². The van der Waals surface area contributed by atoms with Crippen molar-refractivity contribution in [3.8, 4) is 0 Å². The van der Waals surface area contributed by atoms with E-state index in [2.05, 4.69) is 11.6 Å². The second kappa shape index (κ2) is 7.55. The van der Waals surface area contributed by atoms with E-state index in [0.29, 0.717) is 29.6 Å². The van der Waals surface area contributed by atoms with E-state index in [0.717, 1.165) is 11.8 Å². The van der Waals surface area contributed by atoms with Crippen molar-refractivity contribution in [2.75, 3.05) is 7.11 Å². The van der Waals surface area contributed by atoms with Crippen molar-refractivity contribution in [3.05, 3.63) is 71.6 Å². The molecule has 0 aliphatic heterocycles. The fourth-order valence-corrected chi connectivity index (χ4v) is 3.04. The lowest BCUT2D eigenvalue weighted by Gasteiger charge is -2.27. The summed E-state index contributed by atoms with van der Waals surface area (Å²) in [5, 5.41) is 0. The molecule has 1 heterocycles. The summed E-state index contributed by atoms with van der Waals surface area (Å²) < 4.78 is 32.6. The minimum atomic E-state index is -1.17. The third-order valence-electron chi connectivity index (χ3n) is 4.50. The van der Waals surface area contributed by atoms with Gasteiger partial charge in [0.15, 0.2) is 0 Å². The number of carbonyl (C=O) groups excluding carboxylic acids is 1. The van der Waals surface area contributed by atoms with Crippen molar-refractivity contribution in [1.82, 2.24) is 4.98 Å². The molecular formula is C20H21F2NO2. The Morgan fingerprint density at radius 3 is 2.76 bits per heavy atom. The Labute approximate surface area is 146 Å². The Bertz CT molecular complexity index is 793. The molecule has 1 atom stereocenters. The molecule has 0 unspecified atom stereocenters. The second-order valence-electron chi connectivity index (χ2n) is 5.98. The normalized spacial score (nSPS) is 21.1. The minimum Gasteiger partial charge on any atom is -0.468 e. The zero-order valence-corrected chi connectivity index (χ0v) is 14.6. The van der Waals surface area contributed by atoms with Crippen LogP contribution in [0, 0.1) is 11.2 Å². The molecule has 1 aliphatic carbocycles. The van der Waals surface area contributed by atoms with Crippen LogP contribution in [0.3, 0.4) is 0 Å². The van der Waals surface area contributed by atoms with Gasteiger partial charge in [-0.25, -0.2) is 8.78 Å². The summed E-state index contributed by atoms with van der Waals surface area (Å²) in [6.07, 6.45) is 8.14. The van der Waals surface area contributed by atoms with Crippen LogP contribution in [0.1, 0.15) is 32.3 Å². The number of aromatic nitrogens is 1. The topological polar surface area (TPSA) is 39.2 Å². The maximum absolute atomic E-state index is 14.2. The Balaban J connectivity index is 2.53. The third-order valence-corrected chi connectivity index (χ3v) is 4.50. The molecule has 0 saturated carbocycles. The summed E-state index contributed by atoms with van der Waals surface area (Å²) >= 11 is 0. The molecule has 3 nitrogen and oxygen atoms in total. The molecule has 5 heteroatoms. The van der Waals surface area contributed by atoms with Gasteiger partial charge in [0.25, 0.3) is 0 Å². The predicted molar refractivity (Wildman–Crippen MR) is 93.6 cm³/mol. The first-order valence-corrected chi connectivity index (χ1v) is 7.95. The van der Waals surface area contributed by atoms with Crippen molar-refractivity contribution < 1.29 is 18.3 Å². The number of nitrogens with zero attached hydrogens (tertiary/aromatic N) is 1. The lowest BCUT2D eigenvalue weighted by molar-refractivity contribution is -0.147. The van der Waals surface area contributed by atoms with Crippen molar-refractivity contribution in [1.29, 1.82) is 0 Å². The highest BCUT2D eigenvalue weighted by atomic mass is 19.1. The molecule has 25 heavy (non-hydrogen) atoms.